The van der Waals surface area contributed by atoms with E-state index in [9.17, 15) is 4.79 Å². The molecule has 2 atom stereocenters. The van der Waals surface area contributed by atoms with E-state index in [1.165, 1.54) is 0 Å². The number of amides is 1. The van der Waals surface area contributed by atoms with Crippen LogP contribution >= 0.6 is 23.4 Å². The fraction of sp³-hybridized carbons (Fsp3) is 0.263. The summed E-state index contributed by atoms with van der Waals surface area (Å²) in [6.45, 7) is 4.01. The number of hydrogen-bond donors (Lipinski definition) is 2. The van der Waals surface area contributed by atoms with Gasteiger partial charge in [-0.25, -0.2) is 4.98 Å². The van der Waals surface area contributed by atoms with Gasteiger partial charge in [0.05, 0.1) is 28.1 Å². The number of carbonyl (C=O) groups excluding carboxylic acids is 1. The summed E-state index contributed by atoms with van der Waals surface area (Å²) >= 11 is 7.56. The average Bonchev–Trinajstić information content (AvgIpc) is 3.04. The van der Waals surface area contributed by atoms with Crippen molar-refractivity contribution >= 4 is 40.3 Å². The highest BCUT2D eigenvalue weighted by Gasteiger charge is 2.15. The van der Waals surface area contributed by atoms with Crippen LogP contribution < -0.4 is 5.32 Å². The number of fused-ring (bicyclic) bond motifs is 1. The number of aromatic amines is 1. The molecule has 3 rings (SSSR count). The van der Waals surface area contributed by atoms with Crippen LogP contribution in [0.3, 0.4) is 0 Å². The topological polar surface area (TPSA) is 57.8 Å². The number of aromatic nitrogens is 2. The van der Waals surface area contributed by atoms with Crippen molar-refractivity contribution < 1.29 is 4.79 Å². The Kier molecular flexibility index (Phi) is 5.66. The number of hydrogen-bond acceptors (Lipinski definition) is 3. The van der Waals surface area contributed by atoms with Gasteiger partial charge in [-0.15, -0.1) is 11.8 Å². The predicted molar refractivity (Wildman–Crippen MR) is 105 cm³/mol. The largest absolute Gasteiger partial charge is 0.349 e. The van der Waals surface area contributed by atoms with E-state index in [4.69, 9.17) is 11.6 Å². The van der Waals surface area contributed by atoms with Gasteiger partial charge in [-0.05, 0) is 43.7 Å². The van der Waals surface area contributed by atoms with Gasteiger partial charge < -0.3 is 10.3 Å². The van der Waals surface area contributed by atoms with Gasteiger partial charge in [-0.2, -0.15) is 0 Å². The lowest BCUT2D eigenvalue weighted by Gasteiger charge is -2.15. The Bertz CT molecular complexity index is 847. The van der Waals surface area contributed by atoms with Crippen molar-refractivity contribution in [1.82, 2.24) is 15.3 Å². The molecule has 0 fully saturated rings. The standard InChI is InChI=1S/C19H20ClN3OS/c1-12(14-6-5-7-15(20)10-14)21-18(24)11-25-13(2)19-22-16-8-3-4-9-17(16)23-19/h3-10,12-13H,11H2,1-2H3,(H,21,24)(H,22,23)/t12-,13-/m0/s1. The first-order valence-corrected chi connectivity index (χ1v) is 9.56. The van der Waals surface area contributed by atoms with Crippen molar-refractivity contribution in [3.63, 3.8) is 0 Å². The minimum Gasteiger partial charge on any atom is -0.349 e. The predicted octanol–water partition coefficient (Wildman–Crippen LogP) is 4.89. The molecule has 4 nitrogen and oxygen atoms in total. The molecule has 0 aliphatic heterocycles. The van der Waals surface area contributed by atoms with Crippen LogP contribution in [0.2, 0.25) is 5.02 Å². The summed E-state index contributed by atoms with van der Waals surface area (Å²) in [5.41, 5.74) is 2.96. The molecule has 25 heavy (non-hydrogen) atoms. The van der Waals surface area contributed by atoms with Crippen LogP contribution in [-0.4, -0.2) is 21.6 Å². The highest BCUT2D eigenvalue weighted by molar-refractivity contribution is 8.00. The SMILES string of the molecule is C[C@H](NC(=O)CS[C@@H](C)c1nc2ccccc2[nH]1)c1cccc(Cl)c1. The van der Waals surface area contributed by atoms with Gasteiger partial charge in [-0.1, -0.05) is 35.9 Å². The summed E-state index contributed by atoms with van der Waals surface area (Å²) in [5.74, 6) is 1.27. The van der Waals surface area contributed by atoms with Gasteiger partial charge in [0.1, 0.15) is 5.82 Å². The maximum absolute atomic E-state index is 12.2. The van der Waals surface area contributed by atoms with Crippen LogP contribution in [0.25, 0.3) is 11.0 Å². The second-order valence-electron chi connectivity index (χ2n) is 5.94. The zero-order chi connectivity index (χ0) is 17.8. The van der Waals surface area contributed by atoms with Crippen molar-refractivity contribution in [1.29, 1.82) is 0 Å². The molecule has 3 aromatic rings. The third kappa shape index (κ3) is 4.55. The quantitative estimate of drug-likeness (QED) is 0.646. The molecule has 1 heterocycles. The molecular formula is C19H20ClN3OS. The van der Waals surface area contributed by atoms with Crippen LogP contribution in [0.1, 0.15) is 36.5 Å². The third-order valence-electron chi connectivity index (χ3n) is 3.98. The van der Waals surface area contributed by atoms with Gasteiger partial charge >= 0.3 is 0 Å². The molecule has 0 radical (unpaired) electrons. The summed E-state index contributed by atoms with van der Waals surface area (Å²) in [5, 5.41) is 3.79. The summed E-state index contributed by atoms with van der Waals surface area (Å²) in [6.07, 6.45) is 0. The summed E-state index contributed by atoms with van der Waals surface area (Å²) in [4.78, 5) is 20.1. The summed E-state index contributed by atoms with van der Waals surface area (Å²) in [6, 6.07) is 15.4. The number of nitrogens with zero attached hydrogens (tertiary/aromatic N) is 1. The Morgan fingerprint density at radius 1 is 1.24 bits per heavy atom. The Labute approximate surface area is 156 Å². The molecule has 1 amide bonds. The average molecular weight is 374 g/mol. The number of nitrogens with one attached hydrogen (secondary N) is 2. The first kappa shape index (κ1) is 17.8. The highest BCUT2D eigenvalue weighted by Crippen LogP contribution is 2.27. The normalized spacial score (nSPS) is 13.6. The smallest absolute Gasteiger partial charge is 0.230 e. The summed E-state index contributed by atoms with van der Waals surface area (Å²) < 4.78 is 0. The van der Waals surface area contributed by atoms with Crippen LogP contribution in [0.15, 0.2) is 48.5 Å². The second kappa shape index (κ2) is 7.93. The Morgan fingerprint density at radius 2 is 2.04 bits per heavy atom. The molecule has 0 saturated carbocycles. The van der Waals surface area contributed by atoms with E-state index in [0.29, 0.717) is 10.8 Å². The number of halogens is 1. The number of carbonyl (C=O) groups is 1. The van der Waals surface area contributed by atoms with Crippen LogP contribution in [0.4, 0.5) is 0 Å². The number of benzene rings is 2. The number of H-pyrrole nitrogens is 1. The van der Waals surface area contributed by atoms with E-state index in [2.05, 4.69) is 22.2 Å². The van der Waals surface area contributed by atoms with Crippen LogP contribution in [-0.2, 0) is 4.79 Å². The zero-order valence-electron chi connectivity index (χ0n) is 14.1. The number of imidazole rings is 1. The highest BCUT2D eigenvalue weighted by atomic mass is 35.5. The van der Waals surface area contributed by atoms with E-state index in [1.807, 2.05) is 55.5 Å². The molecule has 2 N–H and O–H groups in total. The second-order valence-corrected chi connectivity index (χ2v) is 7.70. The summed E-state index contributed by atoms with van der Waals surface area (Å²) in [7, 11) is 0. The van der Waals surface area contributed by atoms with E-state index >= 15 is 0 Å². The van der Waals surface area contributed by atoms with Crippen LogP contribution in [0.5, 0.6) is 0 Å². The Morgan fingerprint density at radius 3 is 2.80 bits per heavy atom. The van der Waals surface area contributed by atoms with Gasteiger partial charge in [-0.3, -0.25) is 4.79 Å². The monoisotopic (exact) mass is 373 g/mol. The molecule has 0 aliphatic carbocycles. The van der Waals surface area contributed by atoms with Gasteiger partial charge in [0, 0.05) is 5.02 Å². The Balaban J connectivity index is 1.54. The van der Waals surface area contributed by atoms with Crippen molar-refractivity contribution in [2.75, 3.05) is 5.75 Å². The number of rotatable bonds is 6. The van der Waals surface area contributed by atoms with Crippen molar-refractivity contribution in [3.05, 3.63) is 64.9 Å². The molecule has 0 saturated heterocycles. The zero-order valence-corrected chi connectivity index (χ0v) is 15.7. The van der Waals surface area contributed by atoms with E-state index in [0.717, 1.165) is 22.4 Å². The first-order valence-electron chi connectivity index (χ1n) is 8.14. The molecule has 6 heteroatoms. The number of para-hydroxylation sites is 2. The van der Waals surface area contributed by atoms with Crippen molar-refractivity contribution in [2.24, 2.45) is 0 Å². The lowest BCUT2D eigenvalue weighted by molar-refractivity contribution is -0.119. The van der Waals surface area contributed by atoms with Gasteiger partial charge in [0.25, 0.3) is 0 Å². The molecule has 2 aromatic carbocycles. The lowest BCUT2D eigenvalue weighted by Crippen LogP contribution is -2.28. The maximum Gasteiger partial charge on any atom is 0.230 e. The fourth-order valence-corrected chi connectivity index (χ4v) is 3.54. The van der Waals surface area contributed by atoms with Gasteiger partial charge in [0.15, 0.2) is 0 Å². The molecule has 0 unspecified atom stereocenters. The number of thioether (sulfide) groups is 1. The first-order chi connectivity index (χ1) is 12.0. The van der Waals surface area contributed by atoms with Crippen molar-refractivity contribution in [2.45, 2.75) is 25.1 Å². The van der Waals surface area contributed by atoms with Gasteiger partial charge in [0.2, 0.25) is 5.91 Å². The molecule has 1 aromatic heterocycles. The minimum atomic E-state index is -0.0756. The van der Waals surface area contributed by atoms with Crippen molar-refractivity contribution in [3.8, 4) is 0 Å². The maximum atomic E-state index is 12.2. The minimum absolute atomic E-state index is 0.000404. The molecule has 0 aliphatic rings. The van der Waals surface area contributed by atoms with E-state index in [-0.39, 0.29) is 17.2 Å². The lowest BCUT2D eigenvalue weighted by atomic mass is 10.1. The Hall–Kier alpha value is -1.98. The van der Waals surface area contributed by atoms with Crippen LogP contribution in [0, 0.1) is 0 Å². The van der Waals surface area contributed by atoms with E-state index < -0.39 is 0 Å². The molecule has 130 valence electrons. The molecule has 0 bridgehead atoms. The van der Waals surface area contributed by atoms with E-state index in [1.54, 1.807) is 11.8 Å². The molecular weight excluding hydrogens is 354 g/mol. The third-order valence-corrected chi connectivity index (χ3v) is 5.37. The molecule has 0 spiro atoms. The fourth-order valence-electron chi connectivity index (χ4n) is 2.59.